The van der Waals surface area contributed by atoms with E-state index in [0.717, 1.165) is 31.1 Å². The fourth-order valence-corrected chi connectivity index (χ4v) is 1.60. The first-order valence-corrected chi connectivity index (χ1v) is 7.40. The topological polar surface area (TPSA) is 67.8 Å². The van der Waals surface area contributed by atoms with Crippen LogP contribution in [0.4, 0.5) is 0 Å². The van der Waals surface area contributed by atoms with Crippen LogP contribution >= 0.6 is 0 Å². The second-order valence-electron chi connectivity index (χ2n) is 4.40. The van der Waals surface area contributed by atoms with Crippen molar-refractivity contribution in [3.63, 3.8) is 0 Å². The Balaban J connectivity index is 2.32. The van der Waals surface area contributed by atoms with Crippen LogP contribution in [0.1, 0.15) is 25.8 Å². The van der Waals surface area contributed by atoms with E-state index in [-0.39, 0.29) is 0 Å². The molecule has 118 valence electrons. The third-order valence-corrected chi connectivity index (χ3v) is 2.68. The Morgan fingerprint density at radius 1 is 1.24 bits per heavy atom. The quantitative estimate of drug-likeness (QED) is 0.411. The Kier molecular flexibility index (Phi) is 8.95. The molecular formula is C15H26N4O2. The second kappa shape index (κ2) is 10.9. The van der Waals surface area contributed by atoms with Crippen LogP contribution in [0, 0.1) is 0 Å². The van der Waals surface area contributed by atoms with Crippen LogP contribution < -0.4 is 15.4 Å². The molecule has 0 spiro atoms. The number of pyridine rings is 1. The van der Waals surface area contributed by atoms with Crippen LogP contribution in [0.3, 0.4) is 0 Å². The summed E-state index contributed by atoms with van der Waals surface area (Å²) in [5.74, 6) is 1.42. The molecule has 1 aromatic rings. The zero-order chi connectivity index (χ0) is 15.3. The lowest BCUT2D eigenvalue weighted by Crippen LogP contribution is -2.38. The van der Waals surface area contributed by atoms with Gasteiger partial charge in [-0.05, 0) is 18.9 Å². The van der Waals surface area contributed by atoms with Gasteiger partial charge in [0.05, 0.1) is 13.2 Å². The first-order chi connectivity index (χ1) is 10.3. The van der Waals surface area contributed by atoms with E-state index in [1.165, 1.54) is 0 Å². The van der Waals surface area contributed by atoms with Crippen molar-refractivity contribution in [1.82, 2.24) is 15.6 Å². The monoisotopic (exact) mass is 294 g/mol. The van der Waals surface area contributed by atoms with E-state index in [1.54, 1.807) is 7.05 Å². The molecule has 0 amide bonds. The molecule has 0 aliphatic rings. The van der Waals surface area contributed by atoms with E-state index < -0.39 is 0 Å². The third kappa shape index (κ3) is 7.51. The molecule has 0 atom stereocenters. The molecule has 0 saturated heterocycles. The number of rotatable bonds is 9. The highest BCUT2D eigenvalue weighted by Gasteiger charge is 2.00. The van der Waals surface area contributed by atoms with Crippen molar-refractivity contribution in [3.05, 3.63) is 23.9 Å². The van der Waals surface area contributed by atoms with Gasteiger partial charge >= 0.3 is 0 Å². The highest BCUT2D eigenvalue weighted by atomic mass is 16.5. The minimum atomic E-state index is 0.662. The van der Waals surface area contributed by atoms with E-state index in [0.29, 0.717) is 25.6 Å². The molecule has 0 radical (unpaired) electrons. The summed E-state index contributed by atoms with van der Waals surface area (Å²) >= 11 is 0. The van der Waals surface area contributed by atoms with Crippen LogP contribution in [0.15, 0.2) is 23.3 Å². The number of nitrogens with one attached hydrogen (secondary N) is 2. The molecular weight excluding hydrogens is 268 g/mol. The highest BCUT2D eigenvalue weighted by Crippen LogP contribution is 2.07. The molecule has 0 bridgehead atoms. The van der Waals surface area contributed by atoms with Crippen molar-refractivity contribution in [3.8, 4) is 5.88 Å². The number of hydrogen-bond donors (Lipinski definition) is 2. The van der Waals surface area contributed by atoms with Gasteiger partial charge in [0, 0.05) is 39.0 Å². The number of aliphatic imine (C=N–C) groups is 1. The molecule has 1 heterocycles. The number of nitrogens with zero attached hydrogens (tertiary/aromatic N) is 2. The minimum absolute atomic E-state index is 0.662. The Morgan fingerprint density at radius 3 is 2.71 bits per heavy atom. The predicted molar refractivity (Wildman–Crippen MR) is 84.7 cm³/mol. The molecule has 2 N–H and O–H groups in total. The Bertz CT molecular complexity index is 407. The maximum atomic E-state index is 5.45. The van der Waals surface area contributed by atoms with E-state index in [4.69, 9.17) is 9.47 Å². The summed E-state index contributed by atoms with van der Waals surface area (Å²) < 4.78 is 10.7. The van der Waals surface area contributed by atoms with Crippen molar-refractivity contribution >= 4 is 5.96 Å². The Labute approximate surface area is 127 Å². The normalized spacial score (nSPS) is 11.3. The molecule has 0 aliphatic carbocycles. The Hall–Kier alpha value is -1.82. The number of aromatic nitrogens is 1. The van der Waals surface area contributed by atoms with E-state index in [9.17, 15) is 0 Å². The van der Waals surface area contributed by atoms with Crippen LogP contribution in [0.2, 0.25) is 0 Å². The van der Waals surface area contributed by atoms with Crippen LogP contribution in [0.25, 0.3) is 0 Å². The third-order valence-electron chi connectivity index (χ3n) is 2.68. The second-order valence-corrected chi connectivity index (χ2v) is 4.40. The molecule has 6 heteroatoms. The van der Waals surface area contributed by atoms with Crippen LogP contribution in [-0.2, 0) is 11.3 Å². The molecule has 0 aliphatic heterocycles. The minimum Gasteiger partial charge on any atom is -0.478 e. The number of ether oxygens (including phenoxy) is 2. The summed E-state index contributed by atoms with van der Waals surface area (Å²) in [7, 11) is 1.75. The first-order valence-electron chi connectivity index (χ1n) is 7.40. The average Bonchev–Trinajstić information content (AvgIpc) is 2.53. The SMILES string of the molecule is CCCOc1ccc(CNC(=NC)NCCOCC)cn1. The van der Waals surface area contributed by atoms with Crippen LogP contribution in [0.5, 0.6) is 5.88 Å². The van der Waals surface area contributed by atoms with Crippen molar-refractivity contribution < 1.29 is 9.47 Å². The van der Waals surface area contributed by atoms with Gasteiger partial charge in [0.1, 0.15) is 0 Å². The van der Waals surface area contributed by atoms with E-state index in [1.807, 2.05) is 25.3 Å². The maximum Gasteiger partial charge on any atom is 0.213 e. The maximum absolute atomic E-state index is 5.45. The zero-order valence-electron chi connectivity index (χ0n) is 13.2. The van der Waals surface area contributed by atoms with Gasteiger partial charge in [-0.15, -0.1) is 0 Å². The van der Waals surface area contributed by atoms with Gasteiger partial charge in [-0.25, -0.2) is 4.98 Å². The number of hydrogen-bond acceptors (Lipinski definition) is 4. The van der Waals surface area contributed by atoms with E-state index >= 15 is 0 Å². The van der Waals surface area contributed by atoms with Gasteiger partial charge in [0.15, 0.2) is 5.96 Å². The molecule has 0 unspecified atom stereocenters. The summed E-state index contributed by atoms with van der Waals surface area (Å²) in [6.45, 7) is 7.54. The molecule has 0 fully saturated rings. The largest absolute Gasteiger partial charge is 0.478 e. The van der Waals surface area contributed by atoms with Gasteiger partial charge in [-0.2, -0.15) is 0 Å². The Morgan fingerprint density at radius 2 is 2.10 bits per heavy atom. The lowest BCUT2D eigenvalue weighted by atomic mass is 10.3. The average molecular weight is 294 g/mol. The molecule has 0 saturated carbocycles. The molecule has 6 nitrogen and oxygen atoms in total. The van der Waals surface area contributed by atoms with Crippen molar-refractivity contribution in [1.29, 1.82) is 0 Å². The fraction of sp³-hybridized carbons (Fsp3) is 0.600. The smallest absolute Gasteiger partial charge is 0.213 e. The molecule has 1 rings (SSSR count). The van der Waals surface area contributed by atoms with Gasteiger partial charge < -0.3 is 20.1 Å². The van der Waals surface area contributed by atoms with Gasteiger partial charge in [0.25, 0.3) is 0 Å². The fourth-order valence-electron chi connectivity index (χ4n) is 1.60. The highest BCUT2D eigenvalue weighted by molar-refractivity contribution is 5.79. The summed E-state index contributed by atoms with van der Waals surface area (Å²) in [4.78, 5) is 8.42. The van der Waals surface area contributed by atoms with Crippen molar-refractivity contribution in [2.24, 2.45) is 4.99 Å². The number of guanidine groups is 1. The molecule has 0 aromatic carbocycles. The summed E-state index contributed by atoms with van der Waals surface area (Å²) in [6, 6.07) is 3.89. The summed E-state index contributed by atoms with van der Waals surface area (Å²) in [5, 5.41) is 6.41. The predicted octanol–water partition coefficient (Wildman–Crippen LogP) is 1.57. The van der Waals surface area contributed by atoms with Gasteiger partial charge in [-0.3, -0.25) is 4.99 Å². The van der Waals surface area contributed by atoms with Crippen molar-refractivity contribution in [2.75, 3.05) is 33.4 Å². The lowest BCUT2D eigenvalue weighted by Gasteiger charge is -2.12. The standard InChI is InChI=1S/C15H26N4O2/c1-4-9-21-14-7-6-13(11-18-14)12-19-15(16-3)17-8-10-20-5-2/h6-7,11H,4-5,8-10,12H2,1-3H3,(H2,16,17,19). The summed E-state index contributed by atoms with van der Waals surface area (Å²) in [6.07, 6.45) is 2.79. The van der Waals surface area contributed by atoms with Gasteiger partial charge in [0.2, 0.25) is 5.88 Å². The van der Waals surface area contributed by atoms with E-state index in [2.05, 4.69) is 27.5 Å². The molecule has 21 heavy (non-hydrogen) atoms. The zero-order valence-corrected chi connectivity index (χ0v) is 13.2. The first kappa shape index (κ1) is 17.2. The summed E-state index contributed by atoms with van der Waals surface area (Å²) in [5.41, 5.74) is 1.08. The van der Waals surface area contributed by atoms with Gasteiger partial charge in [-0.1, -0.05) is 13.0 Å². The van der Waals surface area contributed by atoms with Crippen molar-refractivity contribution in [2.45, 2.75) is 26.8 Å². The van der Waals surface area contributed by atoms with Crippen LogP contribution in [-0.4, -0.2) is 44.4 Å². The lowest BCUT2D eigenvalue weighted by molar-refractivity contribution is 0.152. The molecule has 1 aromatic heterocycles.